The minimum Gasteiger partial charge on any atom is -0.367 e. The summed E-state index contributed by atoms with van der Waals surface area (Å²) in [7, 11) is 0. The van der Waals surface area contributed by atoms with Crippen molar-refractivity contribution in [2.45, 2.75) is 32.7 Å². The van der Waals surface area contributed by atoms with Crippen molar-refractivity contribution in [2.75, 3.05) is 11.4 Å². The third-order valence-corrected chi connectivity index (χ3v) is 3.82. The molecule has 4 nitrogen and oxygen atoms in total. The van der Waals surface area contributed by atoms with E-state index in [4.69, 9.17) is 11.6 Å². The van der Waals surface area contributed by atoms with Crippen LogP contribution in [0.25, 0.3) is 0 Å². The van der Waals surface area contributed by atoms with Crippen molar-refractivity contribution in [1.82, 2.24) is 0 Å². The summed E-state index contributed by atoms with van der Waals surface area (Å²) < 4.78 is 0. The van der Waals surface area contributed by atoms with E-state index in [0.717, 1.165) is 25.1 Å². The van der Waals surface area contributed by atoms with Gasteiger partial charge in [-0.15, -0.1) is 0 Å². The van der Waals surface area contributed by atoms with Crippen molar-refractivity contribution in [3.8, 4) is 0 Å². The number of hydrogen-bond acceptors (Lipinski definition) is 3. The second-order valence-electron chi connectivity index (χ2n) is 5.04. The summed E-state index contributed by atoms with van der Waals surface area (Å²) in [6.45, 7) is 5.37. The summed E-state index contributed by atoms with van der Waals surface area (Å²) in [5, 5.41) is 11.2. The van der Waals surface area contributed by atoms with Gasteiger partial charge in [0.1, 0.15) is 0 Å². The molecule has 1 aromatic rings. The Hall–Kier alpha value is -1.29. The summed E-state index contributed by atoms with van der Waals surface area (Å²) >= 11 is 6.18. The van der Waals surface area contributed by atoms with E-state index in [1.807, 2.05) is 0 Å². The molecule has 2 rings (SSSR count). The summed E-state index contributed by atoms with van der Waals surface area (Å²) in [6.07, 6.45) is 2.31. The lowest BCUT2D eigenvalue weighted by molar-refractivity contribution is -0.384. The second-order valence-corrected chi connectivity index (χ2v) is 5.45. The average molecular weight is 269 g/mol. The van der Waals surface area contributed by atoms with E-state index in [2.05, 4.69) is 18.7 Å². The first kappa shape index (κ1) is 13.1. The van der Waals surface area contributed by atoms with Gasteiger partial charge >= 0.3 is 0 Å². The number of nitro groups is 1. The van der Waals surface area contributed by atoms with Crippen molar-refractivity contribution in [3.05, 3.63) is 33.3 Å². The standard InChI is InChI=1S/C13H17ClN2O2/c1-9(2)12-4-3-7-15(12)13-6-5-10(16(17)18)8-11(13)14/h5-6,8-9,12H,3-4,7H2,1-2H3/t12-/m1/s1. The molecule has 98 valence electrons. The van der Waals surface area contributed by atoms with Gasteiger partial charge in [-0.3, -0.25) is 10.1 Å². The van der Waals surface area contributed by atoms with Crippen LogP contribution in [-0.4, -0.2) is 17.5 Å². The molecule has 1 fully saturated rings. The largest absolute Gasteiger partial charge is 0.367 e. The first-order chi connectivity index (χ1) is 8.50. The third-order valence-electron chi connectivity index (χ3n) is 3.52. The van der Waals surface area contributed by atoms with E-state index < -0.39 is 4.92 Å². The van der Waals surface area contributed by atoms with Crippen LogP contribution in [0.2, 0.25) is 5.02 Å². The summed E-state index contributed by atoms with van der Waals surface area (Å²) in [5.74, 6) is 0.554. The third kappa shape index (κ3) is 2.43. The summed E-state index contributed by atoms with van der Waals surface area (Å²) in [6, 6.07) is 5.20. The lowest BCUT2D eigenvalue weighted by Gasteiger charge is -2.30. The molecule has 0 N–H and O–H groups in total. The van der Waals surface area contributed by atoms with Crippen LogP contribution in [0.5, 0.6) is 0 Å². The first-order valence-corrected chi connectivity index (χ1v) is 6.59. The normalized spacial score (nSPS) is 19.6. The van der Waals surface area contributed by atoms with Gasteiger partial charge in [0.15, 0.2) is 0 Å². The lowest BCUT2D eigenvalue weighted by atomic mass is 10.0. The molecular formula is C13H17ClN2O2. The quantitative estimate of drug-likeness (QED) is 0.617. The Morgan fingerprint density at radius 1 is 1.50 bits per heavy atom. The number of benzene rings is 1. The molecule has 5 heteroatoms. The summed E-state index contributed by atoms with van der Waals surface area (Å²) in [4.78, 5) is 12.5. The Kier molecular flexibility index (Phi) is 3.76. The smallest absolute Gasteiger partial charge is 0.271 e. The molecule has 0 radical (unpaired) electrons. The predicted molar refractivity (Wildman–Crippen MR) is 73.3 cm³/mol. The lowest BCUT2D eigenvalue weighted by Crippen LogP contribution is -2.33. The minimum absolute atomic E-state index is 0.0454. The Balaban J connectivity index is 2.31. The fourth-order valence-electron chi connectivity index (χ4n) is 2.63. The molecule has 0 saturated carbocycles. The van der Waals surface area contributed by atoms with Gasteiger partial charge in [-0.05, 0) is 24.8 Å². The van der Waals surface area contributed by atoms with Gasteiger partial charge in [0.05, 0.1) is 15.6 Å². The van der Waals surface area contributed by atoms with Crippen LogP contribution in [-0.2, 0) is 0 Å². The molecule has 1 aliphatic rings. The van der Waals surface area contributed by atoms with Crippen molar-refractivity contribution in [3.63, 3.8) is 0 Å². The van der Waals surface area contributed by atoms with Gasteiger partial charge in [0, 0.05) is 24.7 Å². The molecule has 18 heavy (non-hydrogen) atoms. The van der Waals surface area contributed by atoms with E-state index in [0.29, 0.717) is 17.0 Å². The maximum atomic E-state index is 10.7. The molecule has 0 unspecified atom stereocenters. The molecule has 1 saturated heterocycles. The molecule has 1 atom stereocenters. The van der Waals surface area contributed by atoms with Gasteiger partial charge in [0.2, 0.25) is 0 Å². The van der Waals surface area contributed by atoms with E-state index >= 15 is 0 Å². The highest BCUT2D eigenvalue weighted by Crippen LogP contribution is 2.36. The highest BCUT2D eigenvalue weighted by molar-refractivity contribution is 6.33. The maximum Gasteiger partial charge on any atom is 0.271 e. The van der Waals surface area contributed by atoms with Crippen LogP contribution in [0.4, 0.5) is 11.4 Å². The fraction of sp³-hybridized carbons (Fsp3) is 0.538. The van der Waals surface area contributed by atoms with Gasteiger partial charge in [-0.25, -0.2) is 0 Å². The highest BCUT2D eigenvalue weighted by Gasteiger charge is 2.28. The predicted octanol–water partition coefficient (Wildman–Crippen LogP) is 3.87. The molecule has 1 heterocycles. The summed E-state index contributed by atoms with van der Waals surface area (Å²) in [5.41, 5.74) is 0.961. The van der Waals surface area contributed by atoms with Gasteiger partial charge in [-0.1, -0.05) is 25.4 Å². The molecule has 1 aliphatic heterocycles. The van der Waals surface area contributed by atoms with E-state index in [1.165, 1.54) is 12.1 Å². The van der Waals surface area contributed by atoms with Crippen LogP contribution in [0.15, 0.2) is 18.2 Å². The van der Waals surface area contributed by atoms with Crippen LogP contribution < -0.4 is 4.90 Å². The monoisotopic (exact) mass is 268 g/mol. The Bertz CT molecular complexity index is 462. The maximum absolute atomic E-state index is 10.7. The molecular weight excluding hydrogens is 252 g/mol. The minimum atomic E-state index is -0.417. The number of nitro benzene ring substituents is 1. The van der Waals surface area contributed by atoms with Crippen LogP contribution in [0, 0.1) is 16.0 Å². The number of hydrogen-bond donors (Lipinski definition) is 0. The second kappa shape index (κ2) is 5.14. The fourth-order valence-corrected chi connectivity index (χ4v) is 2.91. The zero-order chi connectivity index (χ0) is 13.3. The number of non-ortho nitro benzene ring substituents is 1. The van der Waals surface area contributed by atoms with Crippen LogP contribution >= 0.6 is 11.6 Å². The first-order valence-electron chi connectivity index (χ1n) is 6.21. The molecule has 0 aliphatic carbocycles. The SMILES string of the molecule is CC(C)[C@H]1CCCN1c1ccc([N+](=O)[O-])cc1Cl. The average Bonchev–Trinajstić information content (AvgIpc) is 2.77. The number of halogens is 1. The van der Waals surface area contributed by atoms with Gasteiger partial charge in [-0.2, -0.15) is 0 Å². The van der Waals surface area contributed by atoms with Crippen LogP contribution in [0.3, 0.4) is 0 Å². The van der Waals surface area contributed by atoms with Crippen molar-refractivity contribution >= 4 is 23.0 Å². The van der Waals surface area contributed by atoms with E-state index in [9.17, 15) is 10.1 Å². The Labute approximate surface area is 112 Å². The van der Waals surface area contributed by atoms with Crippen molar-refractivity contribution < 1.29 is 4.92 Å². The molecule has 0 aromatic heterocycles. The number of nitrogens with zero attached hydrogens (tertiary/aromatic N) is 2. The van der Waals surface area contributed by atoms with Crippen molar-refractivity contribution in [1.29, 1.82) is 0 Å². The van der Waals surface area contributed by atoms with Crippen molar-refractivity contribution in [2.24, 2.45) is 5.92 Å². The van der Waals surface area contributed by atoms with E-state index in [-0.39, 0.29) is 5.69 Å². The topological polar surface area (TPSA) is 46.4 Å². The molecule has 0 bridgehead atoms. The molecule has 1 aromatic carbocycles. The van der Waals surface area contributed by atoms with E-state index in [1.54, 1.807) is 6.07 Å². The van der Waals surface area contributed by atoms with Gasteiger partial charge in [0.25, 0.3) is 5.69 Å². The highest BCUT2D eigenvalue weighted by atomic mass is 35.5. The van der Waals surface area contributed by atoms with Crippen LogP contribution in [0.1, 0.15) is 26.7 Å². The number of anilines is 1. The number of rotatable bonds is 3. The zero-order valence-corrected chi connectivity index (χ0v) is 11.4. The Morgan fingerprint density at radius 2 is 2.22 bits per heavy atom. The Morgan fingerprint density at radius 3 is 2.78 bits per heavy atom. The molecule has 0 amide bonds. The molecule has 0 spiro atoms. The van der Waals surface area contributed by atoms with Gasteiger partial charge < -0.3 is 4.90 Å². The zero-order valence-electron chi connectivity index (χ0n) is 10.6.